The minimum atomic E-state index is 0.610. The van der Waals surface area contributed by atoms with Gasteiger partial charge in [0.15, 0.2) is 0 Å². The molecule has 1 aromatic heterocycles. The fourth-order valence-corrected chi connectivity index (χ4v) is 1.64. The van der Waals surface area contributed by atoms with Crippen LogP contribution in [0.25, 0.3) is 0 Å². The zero-order chi connectivity index (χ0) is 9.64. The van der Waals surface area contributed by atoms with Crippen LogP contribution in [0.5, 0.6) is 0 Å². The van der Waals surface area contributed by atoms with Crippen LogP contribution in [0.4, 0.5) is 0 Å². The Morgan fingerprint density at radius 1 is 1.57 bits per heavy atom. The van der Waals surface area contributed by atoms with Crippen molar-refractivity contribution in [2.75, 3.05) is 6.54 Å². The van der Waals surface area contributed by atoms with Crippen LogP contribution in [-0.2, 0) is 0 Å². The zero-order valence-corrected chi connectivity index (χ0v) is 8.16. The number of nitrogens with zero attached hydrogens (tertiary/aromatic N) is 1. The van der Waals surface area contributed by atoms with Gasteiger partial charge in [0.2, 0.25) is 0 Å². The predicted octanol–water partition coefficient (Wildman–Crippen LogP) is 1.58. The van der Waals surface area contributed by atoms with Crippen molar-refractivity contribution < 1.29 is 0 Å². The van der Waals surface area contributed by atoms with E-state index in [0.29, 0.717) is 6.04 Å². The molecule has 1 aliphatic rings. The van der Waals surface area contributed by atoms with Crippen molar-refractivity contribution in [3.63, 3.8) is 0 Å². The summed E-state index contributed by atoms with van der Waals surface area (Å²) < 4.78 is 0. The lowest BCUT2D eigenvalue weighted by atomic mass is 10.1. The molecular formula is C12H14N2. The maximum Gasteiger partial charge on any atom is 0.0428 e. The number of rotatable bonds is 1. The molecule has 0 bridgehead atoms. The molecule has 0 aliphatic carbocycles. The number of pyridine rings is 1. The van der Waals surface area contributed by atoms with Gasteiger partial charge in [-0.25, -0.2) is 0 Å². The molecule has 1 saturated heterocycles. The van der Waals surface area contributed by atoms with Crippen LogP contribution in [0.15, 0.2) is 24.5 Å². The standard InChI is InChI=1S/C12H14N2/c1(6-12-7-3-9-14-12)4-11-5-2-8-13-10-11/h2,5,8,10,12,14H,3,6-7,9H2/t12-/m0/s1. The average molecular weight is 186 g/mol. The molecule has 2 heterocycles. The van der Waals surface area contributed by atoms with Gasteiger partial charge in [-0.05, 0) is 31.5 Å². The number of hydrogen-bond acceptors (Lipinski definition) is 2. The lowest BCUT2D eigenvalue weighted by Crippen LogP contribution is -2.20. The fraction of sp³-hybridized carbons (Fsp3) is 0.417. The highest BCUT2D eigenvalue weighted by Gasteiger charge is 2.11. The lowest BCUT2D eigenvalue weighted by Gasteiger charge is -2.02. The molecule has 1 atom stereocenters. The molecule has 1 aliphatic heterocycles. The third-order valence-electron chi connectivity index (χ3n) is 2.41. The summed E-state index contributed by atoms with van der Waals surface area (Å²) in [5, 5.41) is 3.42. The number of aromatic nitrogens is 1. The molecule has 0 spiro atoms. The van der Waals surface area contributed by atoms with Crippen molar-refractivity contribution >= 4 is 0 Å². The Labute approximate surface area is 84.7 Å². The van der Waals surface area contributed by atoms with Gasteiger partial charge in [0.05, 0.1) is 0 Å². The zero-order valence-electron chi connectivity index (χ0n) is 8.16. The molecule has 1 aromatic rings. The van der Waals surface area contributed by atoms with Gasteiger partial charge in [0.25, 0.3) is 0 Å². The normalized spacial score (nSPS) is 20.1. The largest absolute Gasteiger partial charge is 0.313 e. The molecule has 0 amide bonds. The molecule has 2 nitrogen and oxygen atoms in total. The molecule has 72 valence electrons. The SMILES string of the molecule is C(#Cc1cccnc1)C[C@H]1CCCN1. The van der Waals surface area contributed by atoms with Crippen molar-refractivity contribution in [1.29, 1.82) is 0 Å². The number of hydrogen-bond donors (Lipinski definition) is 1. The van der Waals surface area contributed by atoms with E-state index >= 15 is 0 Å². The summed E-state index contributed by atoms with van der Waals surface area (Å²) in [6, 6.07) is 4.51. The molecular weight excluding hydrogens is 172 g/mol. The molecule has 14 heavy (non-hydrogen) atoms. The Hall–Kier alpha value is -1.33. The van der Waals surface area contributed by atoms with Crippen LogP contribution in [0.1, 0.15) is 24.8 Å². The molecule has 0 radical (unpaired) electrons. The van der Waals surface area contributed by atoms with Crippen LogP contribution in [0.3, 0.4) is 0 Å². The minimum Gasteiger partial charge on any atom is -0.313 e. The van der Waals surface area contributed by atoms with Crippen molar-refractivity contribution in [2.45, 2.75) is 25.3 Å². The summed E-state index contributed by atoms with van der Waals surface area (Å²) in [6.07, 6.45) is 7.08. The molecule has 1 fully saturated rings. The summed E-state index contributed by atoms with van der Waals surface area (Å²) in [5.74, 6) is 6.31. The summed E-state index contributed by atoms with van der Waals surface area (Å²) in [5.41, 5.74) is 1.01. The smallest absolute Gasteiger partial charge is 0.0428 e. The molecule has 0 saturated carbocycles. The second-order valence-corrected chi connectivity index (χ2v) is 3.54. The van der Waals surface area contributed by atoms with E-state index in [2.05, 4.69) is 22.1 Å². The highest BCUT2D eigenvalue weighted by atomic mass is 14.9. The third kappa shape index (κ3) is 2.58. The predicted molar refractivity (Wildman–Crippen MR) is 56.8 cm³/mol. The van der Waals surface area contributed by atoms with E-state index in [1.54, 1.807) is 12.4 Å². The summed E-state index contributed by atoms with van der Waals surface area (Å²) >= 11 is 0. The molecule has 2 heteroatoms. The molecule has 1 N–H and O–H groups in total. The molecule has 0 aromatic carbocycles. The second kappa shape index (κ2) is 4.78. The second-order valence-electron chi connectivity index (χ2n) is 3.54. The first kappa shape index (κ1) is 9.23. The van der Waals surface area contributed by atoms with Gasteiger partial charge in [0, 0.05) is 30.4 Å². The van der Waals surface area contributed by atoms with E-state index in [1.165, 1.54) is 12.8 Å². The van der Waals surface area contributed by atoms with Gasteiger partial charge in [0.1, 0.15) is 0 Å². The Balaban J connectivity index is 1.87. The van der Waals surface area contributed by atoms with Crippen molar-refractivity contribution in [3.05, 3.63) is 30.1 Å². The van der Waals surface area contributed by atoms with E-state index in [1.807, 2.05) is 12.1 Å². The highest BCUT2D eigenvalue weighted by Crippen LogP contribution is 2.07. The maximum absolute atomic E-state index is 4.02. The van der Waals surface area contributed by atoms with E-state index in [-0.39, 0.29) is 0 Å². The number of nitrogens with one attached hydrogen (secondary N) is 1. The quantitative estimate of drug-likeness (QED) is 0.673. The topological polar surface area (TPSA) is 24.9 Å². The minimum absolute atomic E-state index is 0.610. The Kier molecular flexibility index (Phi) is 3.15. The summed E-state index contributed by atoms with van der Waals surface area (Å²) in [4.78, 5) is 4.02. The van der Waals surface area contributed by atoms with Gasteiger partial charge in [-0.1, -0.05) is 11.8 Å². The van der Waals surface area contributed by atoms with Gasteiger partial charge < -0.3 is 5.32 Å². The van der Waals surface area contributed by atoms with Crippen LogP contribution in [-0.4, -0.2) is 17.6 Å². The molecule has 2 rings (SSSR count). The fourth-order valence-electron chi connectivity index (χ4n) is 1.64. The summed E-state index contributed by atoms with van der Waals surface area (Å²) in [6.45, 7) is 1.15. The first-order chi connectivity index (χ1) is 6.95. The van der Waals surface area contributed by atoms with Crippen molar-refractivity contribution in [3.8, 4) is 11.8 Å². The van der Waals surface area contributed by atoms with E-state index in [0.717, 1.165) is 18.5 Å². The van der Waals surface area contributed by atoms with Gasteiger partial charge in [-0.2, -0.15) is 0 Å². The van der Waals surface area contributed by atoms with Crippen LogP contribution >= 0.6 is 0 Å². The van der Waals surface area contributed by atoms with Gasteiger partial charge in [-0.3, -0.25) is 4.98 Å². The van der Waals surface area contributed by atoms with Gasteiger partial charge in [-0.15, -0.1) is 0 Å². The van der Waals surface area contributed by atoms with Crippen LogP contribution in [0, 0.1) is 11.8 Å². The lowest BCUT2D eigenvalue weighted by molar-refractivity contribution is 0.623. The Bertz CT molecular complexity index is 328. The summed E-state index contributed by atoms with van der Waals surface area (Å²) in [7, 11) is 0. The Morgan fingerprint density at radius 2 is 2.57 bits per heavy atom. The third-order valence-corrected chi connectivity index (χ3v) is 2.41. The van der Waals surface area contributed by atoms with E-state index in [4.69, 9.17) is 0 Å². The van der Waals surface area contributed by atoms with E-state index in [9.17, 15) is 0 Å². The van der Waals surface area contributed by atoms with Crippen molar-refractivity contribution in [2.24, 2.45) is 0 Å². The van der Waals surface area contributed by atoms with Crippen LogP contribution in [0.2, 0.25) is 0 Å². The van der Waals surface area contributed by atoms with Crippen LogP contribution < -0.4 is 5.32 Å². The first-order valence-corrected chi connectivity index (χ1v) is 5.07. The van der Waals surface area contributed by atoms with Gasteiger partial charge >= 0.3 is 0 Å². The monoisotopic (exact) mass is 186 g/mol. The maximum atomic E-state index is 4.02. The molecule has 0 unspecified atom stereocenters. The van der Waals surface area contributed by atoms with Crippen molar-refractivity contribution in [1.82, 2.24) is 10.3 Å². The highest BCUT2D eigenvalue weighted by molar-refractivity contribution is 5.31. The average Bonchev–Trinajstić information content (AvgIpc) is 2.72. The Morgan fingerprint density at radius 3 is 3.29 bits per heavy atom. The van der Waals surface area contributed by atoms with E-state index < -0.39 is 0 Å². The first-order valence-electron chi connectivity index (χ1n) is 5.07.